The number of nitrogens with zero attached hydrogens (tertiary/aromatic N) is 1. The number of benzene rings is 3. The maximum Gasteiger partial charge on any atom is 0.134 e. The molecule has 0 aliphatic heterocycles. The molecular formula is C16H13NO2. The average Bonchev–Trinajstić information content (AvgIpc) is 2.44. The van der Waals surface area contributed by atoms with Gasteiger partial charge in [-0.15, -0.1) is 4.91 Å². The fraction of sp³-hybridized carbons (Fsp3) is 0.125. The van der Waals surface area contributed by atoms with Gasteiger partial charge in [0.25, 0.3) is 0 Å². The lowest BCUT2D eigenvalue weighted by molar-refractivity contribution is 0.424. The Morgan fingerprint density at radius 1 is 0.947 bits per heavy atom. The SMILES string of the molecule is COc1c2cc(C)ccc2cc2ccc(N=O)cc12. The van der Waals surface area contributed by atoms with E-state index in [1.165, 1.54) is 5.56 Å². The zero-order valence-electron chi connectivity index (χ0n) is 10.8. The molecule has 0 radical (unpaired) electrons. The van der Waals surface area contributed by atoms with Gasteiger partial charge in [-0.3, -0.25) is 0 Å². The van der Waals surface area contributed by atoms with E-state index in [2.05, 4.69) is 29.4 Å². The normalized spacial score (nSPS) is 10.8. The molecule has 0 aromatic heterocycles. The largest absolute Gasteiger partial charge is 0.495 e. The molecular weight excluding hydrogens is 238 g/mol. The second kappa shape index (κ2) is 4.35. The lowest BCUT2D eigenvalue weighted by Crippen LogP contribution is -1.88. The quantitative estimate of drug-likeness (QED) is 0.488. The van der Waals surface area contributed by atoms with E-state index in [1.54, 1.807) is 19.2 Å². The zero-order chi connectivity index (χ0) is 13.4. The summed E-state index contributed by atoms with van der Waals surface area (Å²) in [5, 5.41) is 7.13. The van der Waals surface area contributed by atoms with Crippen molar-refractivity contribution in [1.29, 1.82) is 0 Å². The van der Waals surface area contributed by atoms with Crippen molar-refractivity contribution in [1.82, 2.24) is 0 Å². The first-order valence-electron chi connectivity index (χ1n) is 6.07. The Kier molecular flexibility index (Phi) is 2.67. The molecule has 0 aliphatic carbocycles. The zero-order valence-corrected chi connectivity index (χ0v) is 10.8. The van der Waals surface area contributed by atoms with Gasteiger partial charge < -0.3 is 4.74 Å². The number of ether oxygens (including phenoxy) is 1. The highest BCUT2D eigenvalue weighted by Gasteiger charge is 2.09. The fourth-order valence-electron chi connectivity index (χ4n) is 2.45. The summed E-state index contributed by atoms with van der Waals surface area (Å²) >= 11 is 0. The van der Waals surface area contributed by atoms with Crippen molar-refractivity contribution in [3.8, 4) is 5.75 Å². The first-order valence-corrected chi connectivity index (χ1v) is 6.07. The van der Waals surface area contributed by atoms with Crippen LogP contribution < -0.4 is 4.74 Å². The minimum absolute atomic E-state index is 0.415. The van der Waals surface area contributed by atoms with E-state index in [1.807, 2.05) is 13.0 Å². The van der Waals surface area contributed by atoms with Gasteiger partial charge in [0.15, 0.2) is 0 Å². The maximum atomic E-state index is 10.7. The Hall–Kier alpha value is -2.42. The van der Waals surface area contributed by atoms with E-state index >= 15 is 0 Å². The summed E-state index contributed by atoms with van der Waals surface area (Å²) in [6.45, 7) is 2.05. The van der Waals surface area contributed by atoms with E-state index < -0.39 is 0 Å². The summed E-state index contributed by atoms with van der Waals surface area (Å²) in [5.74, 6) is 0.793. The molecule has 94 valence electrons. The molecule has 0 N–H and O–H groups in total. The minimum atomic E-state index is 0.415. The number of nitroso groups, excluding NO2 is 1. The number of fused-ring (bicyclic) bond motifs is 2. The Morgan fingerprint density at radius 2 is 1.63 bits per heavy atom. The molecule has 0 atom stereocenters. The monoisotopic (exact) mass is 251 g/mol. The summed E-state index contributed by atoms with van der Waals surface area (Å²) < 4.78 is 5.55. The molecule has 3 aromatic rings. The number of aryl methyl sites for hydroxylation is 1. The first kappa shape index (κ1) is 11.7. The van der Waals surface area contributed by atoms with Crippen LogP contribution in [0, 0.1) is 11.8 Å². The van der Waals surface area contributed by atoms with Crippen LogP contribution in [-0.4, -0.2) is 7.11 Å². The van der Waals surface area contributed by atoms with E-state index in [9.17, 15) is 4.91 Å². The van der Waals surface area contributed by atoms with Crippen molar-refractivity contribution >= 4 is 27.2 Å². The Balaban J connectivity index is 2.49. The first-order chi connectivity index (χ1) is 9.22. The minimum Gasteiger partial charge on any atom is -0.495 e. The van der Waals surface area contributed by atoms with E-state index in [4.69, 9.17) is 4.74 Å². The van der Waals surface area contributed by atoms with Gasteiger partial charge in [-0.05, 0) is 47.1 Å². The van der Waals surface area contributed by atoms with Gasteiger partial charge in [0.2, 0.25) is 0 Å². The van der Waals surface area contributed by atoms with Crippen LogP contribution in [0.2, 0.25) is 0 Å². The molecule has 0 spiro atoms. The predicted molar refractivity (Wildman–Crippen MR) is 78.2 cm³/mol. The maximum absolute atomic E-state index is 10.7. The highest BCUT2D eigenvalue weighted by molar-refractivity contribution is 6.06. The number of hydrogen-bond donors (Lipinski definition) is 0. The molecule has 0 amide bonds. The Morgan fingerprint density at radius 3 is 2.32 bits per heavy atom. The predicted octanol–water partition coefficient (Wildman–Crippen LogP) is 4.71. The van der Waals surface area contributed by atoms with Crippen LogP contribution in [0.5, 0.6) is 5.75 Å². The second-order valence-electron chi connectivity index (χ2n) is 4.63. The van der Waals surface area contributed by atoms with Crippen LogP contribution in [0.25, 0.3) is 21.5 Å². The van der Waals surface area contributed by atoms with Crippen molar-refractivity contribution in [3.05, 3.63) is 52.9 Å². The highest BCUT2D eigenvalue weighted by Crippen LogP contribution is 2.36. The van der Waals surface area contributed by atoms with Crippen molar-refractivity contribution in [2.45, 2.75) is 6.92 Å². The standard InChI is InChI=1S/C16H13NO2/c1-10-3-4-11-8-12-5-6-13(17-18)9-15(12)16(19-2)14(11)7-10/h3-9H,1-2H3. The third kappa shape index (κ3) is 1.83. The molecule has 0 unspecified atom stereocenters. The number of hydrogen-bond acceptors (Lipinski definition) is 3. The van der Waals surface area contributed by atoms with Gasteiger partial charge in [0.05, 0.1) is 7.11 Å². The molecule has 0 saturated carbocycles. The molecule has 0 saturated heterocycles. The third-order valence-corrected chi connectivity index (χ3v) is 3.36. The molecule has 0 fully saturated rings. The molecule has 0 bridgehead atoms. The van der Waals surface area contributed by atoms with Crippen molar-refractivity contribution in [3.63, 3.8) is 0 Å². The molecule has 3 heteroatoms. The lowest BCUT2D eigenvalue weighted by atomic mass is 10.00. The third-order valence-electron chi connectivity index (χ3n) is 3.36. The van der Waals surface area contributed by atoms with Crippen LogP contribution in [0.4, 0.5) is 5.69 Å². The van der Waals surface area contributed by atoms with Crippen LogP contribution in [0.3, 0.4) is 0 Å². The van der Waals surface area contributed by atoms with E-state index in [0.717, 1.165) is 27.3 Å². The van der Waals surface area contributed by atoms with E-state index in [-0.39, 0.29) is 0 Å². The van der Waals surface area contributed by atoms with Gasteiger partial charge in [0.1, 0.15) is 11.4 Å². The molecule has 19 heavy (non-hydrogen) atoms. The van der Waals surface area contributed by atoms with Crippen LogP contribution in [-0.2, 0) is 0 Å². The van der Waals surface area contributed by atoms with E-state index in [0.29, 0.717) is 5.69 Å². The lowest BCUT2D eigenvalue weighted by Gasteiger charge is -2.11. The van der Waals surface area contributed by atoms with Crippen molar-refractivity contribution in [2.24, 2.45) is 5.18 Å². The van der Waals surface area contributed by atoms with Crippen molar-refractivity contribution < 1.29 is 4.74 Å². The summed E-state index contributed by atoms with van der Waals surface area (Å²) in [6, 6.07) is 13.7. The van der Waals surface area contributed by atoms with Crippen molar-refractivity contribution in [2.75, 3.05) is 7.11 Å². The summed E-state index contributed by atoms with van der Waals surface area (Å²) in [4.78, 5) is 10.7. The fourth-order valence-corrected chi connectivity index (χ4v) is 2.45. The Labute approximate surface area is 110 Å². The molecule has 3 rings (SSSR count). The summed E-state index contributed by atoms with van der Waals surface area (Å²) in [7, 11) is 1.65. The number of rotatable bonds is 2. The Bertz CT molecular complexity index is 793. The molecule has 0 aliphatic rings. The summed E-state index contributed by atoms with van der Waals surface area (Å²) in [6.07, 6.45) is 0. The highest BCUT2D eigenvalue weighted by atomic mass is 16.5. The van der Waals surface area contributed by atoms with Crippen LogP contribution in [0.1, 0.15) is 5.56 Å². The molecule has 0 heterocycles. The van der Waals surface area contributed by atoms with Crippen LogP contribution in [0.15, 0.2) is 47.6 Å². The molecule has 3 aromatic carbocycles. The van der Waals surface area contributed by atoms with Gasteiger partial charge in [-0.2, -0.15) is 0 Å². The smallest absolute Gasteiger partial charge is 0.134 e. The topological polar surface area (TPSA) is 38.7 Å². The molecule has 3 nitrogen and oxygen atoms in total. The van der Waals surface area contributed by atoms with Gasteiger partial charge >= 0.3 is 0 Å². The number of methoxy groups -OCH3 is 1. The summed E-state index contributed by atoms with van der Waals surface area (Å²) in [5.41, 5.74) is 1.59. The van der Waals surface area contributed by atoms with Gasteiger partial charge in [0, 0.05) is 10.8 Å². The second-order valence-corrected chi connectivity index (χ2v) is 4.63. The van der Waals surface area contributed by atoms with Gasteiger partial charge in [-0.1, -0.05) is 23.8 Å². The average molecular weight is 251 g/mol. The van der Waals surface area contributed by atoms with Crippen LogP contribution >= 0.6 is 0 Å². The van der Waals surface area contributed by atoms with Gasteiger partial charge in [-0.25, -0.2) is 0 Å².